The summed E-state index contributed by atoms with van der Waals surface area (Å²) in [6.07, 6.45) is 5.70. The molecule has 1 saturated carbocycles. The lowest BCUT2D eigenvalue weighted by Gasteiger charge is -2.26. The van der Waals surface area contributed by atoms with Crippen molar-refractivity contribution in [2.45, 2.75) is 38.7 Å². The first-order valence-electron chi connectivity index (χ1n) is 4.93. The maximum absolute atomic E-state index is 5.67. The first-order valence-corrected chi connectivity index (χ1v) is 4.93. The van der Waals surface area contributed by atoms with Crippen LogP contribution in [0.5, 0.6) is 0 Å². The predicted octanol–water partition coefficient (Wildman–Crippen LogP) is 2.23. The van der Waals surface area contributed by atoms with Gasteiger partial charge in [-0.1, -0.05) is 19.8 Å². The standard InChI is InChI=1S/C10H20O2/c1-9-4-3-5-10(8-9)12-7-6-11-2/h9-10H,3-8H2,1-2H3. The molecule has 1 aliphatic carbocycles. The Hall–Kier alpha value is -0.0800. The van der Waals surface area contributed by atoms with Gasteiger partial charge >= 0.3 is 0 Å². The average molecular weight is 172 g/mol. The molecule has 0 aromatic carbocycles. The second kappa shape index (κ2) is 5.55. The Morgan fingerprint density at radius 1 is 1.25 bits per heavy atom. The van der Waals surface area contributed by atoms with Gasteiger partial charge in [0.25, 0.3) is 0 Å². The highest BCUT2D eigenvalue weighted by Gasteiger charge is 2.18. The molecule has 0 aromatic rings. The van der Waals surface area contributed by atoms with Crippen molar-refractivity contribution >= 4 is 0 Å². The Balaban J connectivity index is 2.06. The molecule has 0 saturated heterocycles. The van der Waals surface area contributed by atoms with Crippen LogP contribution in [0.2, 0.25) is 0 Å². The monoisotopic (exact) mass is 172 g/mol. The normalized spacial score (nSPS) is 30.5. The second-order valence-electron chi connectivity index (χ2n) is 3.76. The Kier molecular flexibility index (Phi) is 4.62. The van der Waals surface area contributed by atoms with Crippen molar-refractivity contribution < 1.29 is 9.47 Å². The summed E-state index contributed by atoms with van der Waals surface area (Å²) < 4.78 is 10.6. The molecule has 1 aliphatic rings. The zero-order valence-corrected chi connectivity index (χ0v) is 8.21. The van der Waals surface area contributed by atoms with E-state index < -0.39 is 0 Å². The van der Waals surface area contributed by atoms with Crippen molar-refractivity contribution in [1.29, 1.82) is 0 Å². The second-order valence-corrected chi connectivity index (χ2v) is 3.76. The molecule has 0 heterocycles. The highest BCUT2D eigenvalue weighted by molar-refractivity contribution is 4.70. The SMILES string of the molecule is COCCOC1CCCC(C)C1. The molecule has 0 amide bonds. The average Bonchev–Trinajstić information content (AvgIpc) is 2.05. The van der Waals surface area contributed by atoms with Crippen LogP contribution in [0.25, 0.3) is 0 Å². The molecule has 2 unspecified atom stereocenters. The van der Waals surface area contributed by atoms with Gasteiger partial charge in [-0.25, -0.2) is 0 Å². The van der Waals surface area contributed by atoms with E-state index in [1.54, 1.807) is 7.11 Å². The number of methoxy groups -OCH3 is 1. The van der Waals surface area contributed by atoms with Gasteiger partial charge in [0.2, 0.25) is 0 Å². The van der Waals surface area contributed by atoms with Crippen molar-refractivity contribution in [3.8, 4) is 0 Å². The van der Waals surface area contributed by atoms with Crippen molar-refractivity contribution in [1.82, 2.24) is 0 Å². The highest BCUT2D eigenvalue weighted by Crippen LogP contribution is 2.25. The van der Waals surface area contributed by atoms with E-state index >= 15 is 0 Å². The molecule has 12 heavy (non-hydrogen) atoms. The lowest BCUT2D eigenvalue weighted by atomic mass is 9.89. The zero-order valence-electron chi connectivity index (χ0n) is 8.21. The molecule has 72 valence electrons. The van der Waals surface area contributed by atoms with E-state index in [0.717, 1.165) is 19.1 Å². The van der Waals surface area contributed by atoms with Crippen LogP contribution in [0.1, 0.15) is 32.6 Å². The summed E-state index contributed by atoms with van der Waals surface area (Å²) in [5, 5.41) is 0. The fraction of sp³-hybridized carbons (Fsp3) is 1.00. The molecular formula is C10H20O2. The number of hydrogen-bond acceptors (Lipinski definition) is 2. The third-order valence-corrected chi connectivity index (χ3v) is 2.53. The first-order chi connectivity index (χ1) is 5.83. The minimum Gasteiger partial charge on any atom is -0.382 e. The van der Waals surface area contributed by atoms with Gasteiger partial charge in [-0.2, -0.15) is 0 Å². The van der Waals surface area contributed by atoms with Crippen LogP contribution >= 0.6 is 0 Å². The van der Waals surface area contributed by atoms with Crippen LogP contribution in [0.4, 0.5) is 0 Å². The Morgan fingerprint density at radius 3 is 2.75 bits per heavy atom. The van der Waals surface area contributed by atoms with Crippen molar-refractivity contribution in [3.63, 3.8) is 0 Å². The van der Waals surface area contributed by atoms with Gasteiger partial charge in [-0.05, 0) is 18.8 Å². The molecule has 2 heteroatoms. The highest BCUT2D eigenvalue weighted by atomic mass is 16.5. The molecule has 0 N–H and O–H groups in total. The number of hydrogen-bond donors (Lipinski definition) is 0. The van der Waals surface area contributed by atoms with Gasteiger partial charge in [0.1, 0.15) is 0 Å². The van der Waals surface area contributed by atoms with Crippen molar-refractivity contribution in [3.05, 3.63) is 0 Å². The van der Waals surface area contributed by atoms with Gasteiger partial charge in [0.15, 0.2) is 0 Å². The van der Waals surface area contributed by atoms with Gasteiger partial charge in [-0.15, -0.1) is 0 Å². The molecule has 2 nitrogen and oxygen atoms in total. The van der Waals surface area contributed by atoms with Crippen molar-refractivity contribution in [2.24, 2.45) is 5.92 Å². The Morgan fingerprint density at radius 2 is 2.08 bits per heavy atom. The molecule has 0 spiro atoms. The van der Waals surface area contributed by atoms with Crippen molar-refractivity contribution in [2.75, 3.05) is 20.3 Å². The van der Waals surface area contributed by atoms with E-state index in [1.807, 2.05) is 0 Å². The van der Waals surface area contributed by atoms with Gasteiger partial charge < -0.3 is 9.47 Å². The Bertz CT molecular complexity index is 114. The largest absolute Gasteiger partial charge is 0.382 e. The fourth-order valence-corrected chi connectivity index (χ4v) is 1.83. The van der Waals surface area contributed by atoms with Crippen LogP contribution in [0.15, 0.2) is 0 Å². The van der Waals surface area contributed by atoms with E-state index in [2.05, 4.69) is 6.92 Å². The minimum absolute atomic E-state index is 0.504. The maximum Gasteiger partial charge on any atom is 0.0704 e. The maximum atomic E-state index is 5.67. The molecule has 0 aromatic heterocycles. The van der Waals surface area contributed by atoms with E-state index in [4.69, 9.17) is 9.47 Å². The first kappa shape index (κ1) is 10.0. The summed E-state index contributed by atoms with van der Waals surface area (Å²) in [7, 11) is 1.72. The molecule has 0 aliphatic heterocycles. The fourth-order valence-electron chi connectivity index (χ4n) is 1.83. The molecule has 1 rings (SSSR count). The number of ether oxygens (including phenoxy) is 2. The summed E-state index contributed by atoms with van der Waals surface area (Å²) in [6, 6.07) is 0. The van der Waals surface area contributed by atoms with Gasteiger partial charge in [-0.3, -0.25) is 0 Å². The molecular weight excluding hydrogens is 152 g/mol. The molecule has 1 fully saturated rings. The van der Waals surface area contributed by atoms with E-state index in [-0.39, 0.29) is 0 Å². The Labute approximate surface area is 75.2 Å². The third kappa shape index (κ3) is 3.55. The smallest absolute Gasteiger partial charge is 0.0704 e. The summed E-state index contributed by atoms with van der Waals surface area (Å²) in [4.78, 5) is 0. The number of rotatable bonds is 4. The molecule has 2 atom stereocenters. The summed E-state index contributed by atoms with van der Waals surface area (Å²) in [5.41, 5.74) is 0. The summed E-state index contributed by atoms with van der Waals surface area (Å²) >= 11 is 0. The van der Waals surface area contributed by atoms with Crippen LogP contribution in [-0.4, -0.2) is 26.4 Å². The lowest BCUT2D eigenvalue weighted by molar-refractivity contribution is -0.00951. The molecule has 0 bridgehead atoms. The minimum atomic E-state index is 0.504. The lowest BCUT2D eigenvalue weighted by Crippen LogP contribution is -2.22. The quantitative estimate of drug-likeness (QED) is 0.605. The van der Waals surface area contributed by atoms with Crippen LogP contribution in [0, 0.1) is 5.92 Å². The summed E-state index contributed by atoms with van der Waals surface area (Å²) in [6.45, 7) is 3.80. The van der Waals surface area contributed by atoms with Crippen LogP contribution in [0.3, 0.4) is 0 Å². The third-order valence-electron chi connectivity index (χ3n) is 2.53. The van der Waals surface area contributed by atoms with Crippen LogP contribution < -0.4 is 0 Å². The predicted molar refractivity (Wildman–Crippen MR) is 49.2 cm³/mol. The van der Waals surface area contributed by atoms with Crippen LogP contribution in [-0.2, 0) is 9.47 Å². The topological polar surface area (TPSA) is 18.5 Å². The van der Waals surface area contributed by atoms with E-state index in [1.165, 1.54) is 25.7 Å². The summed E-state index contributed by atoms with van der Waals surface area (Å²) in [5.74, 6) is 0.853. The molecule has 0 radical (unpaired) electrons. The van der Waals surface area contributed by atoms with E-state index in [9.17, 15) is 0 Å². The van der Waals surface area contributed by atoms with E-state index in [0.29, 0.717) is 6.10 Å². The van der Waals surface area contributed by atoms with Gasteiger partial charge in [0, 0.05) is 7.11 Å². The zero-order chi connectivity index (χ0) is 8.81. The van der Waals surface area contributed by atoms with Gasteiger partial charge in [0.05, 0.1) is 19.3 Å².